The van der Waals surface area contributed by atoms with Crippen molar-refractivity contribution < 1.29 is 19.1 Å². The number of rotatable bonds is 5. The maximum atomic E-state index is 11.7. The minimum atomic E-state index is -0.726. The molecule has 0 fully saturated rings. The summed E-state index contributed by atoms with van der Waals surface area (Å²) >= 11 is 0. The molecule has 0 spiro atoms. The van der Waals surface area contributed by atoms with Gasteiger partial charge in [-0.3, -0.25) is 4.79 Å². The van der Waals surface area contributed by atoms with Gasteiger partial charge in [-0.25, -0.2) is 15.6 Å². The molecule has 0 aliphatic rings. The van der Waals surface area contributed by atoms with Crippen LogP contribution >= 0.6 is 0 Å². The summed E-state index contributed by atoms with van der Waals surface area (Å²) in [5.74, 6) is 5.14. The number of nitrogens with zero attached hydrogens (tertiary/aromatic N) is 1. The number of hydrazine groups is 1. The van der Waals surface area contributed by atoms with E-state index in [2.05, 4.69) is 0 Å². The van der Waals surface area contributed by atoms with Gasteiger partial charge in [-0.15, -0.1) is 0 Å². The highest BCUT2D eigenvalue weighted by Crippen LogP contribution is 2.11. The zero-order valence-electron chi connectivity index (χ0n) is 13.9. The van der Waals surface area contributed by atoms with E-state index in [1.165, 1.54) is 0 Å². The molecule has 0 aromatic heterocycles. The van der Waals surface area contributed by atoms with Gasteiger partial charge in [-0.1, -0.05) is 0 Å². The molecule has 1 unspecified atom stereocenters. The zero-order valence-corrected chi connectivity index (χ0v) is 13.9. The van der Waals surface area contributed by atoms with Crippen molar-refractivity contribution in [2.75, 3.05) is 6.54 Å². The van der Waals surface area contributed by atoms with Crippen LogP contribution in [-0.2, 0) is 14.3 Å². The molecule has 0 rings (SSSR count). The average molecular weight is 303 g/mol. The molecule has 7 heteroatoms. The van der Waals surface area contributed by atoms with Crippen molar-refractivity contribution in [3.05, 3.63) is 0 Å². The molecule has 0 saturated heterocycles. The second-order valence-corrected chi connectivity index (χ2v) is 6.96. The van der Waals surface area contributed by atoms with Gasteiger partial charge >= 0.3 is 12.1 Å². The van der Waals surface area contributed by atoms with Gasteiger partial charge in [0.25, 0.3) is 0 Å². The predicted molar refractivity (Wildman–Crippen MR) is 80.2 cm³/mol. The van der Waals surface area contributed by atoms with E-state index < -0.39 is 29.3 Å². The van der Waals surface area contributed by atoms with Crippen molar-refractivity contribution in [2.24, 2.45) is 11.6 Å². The third-order valence-electron chi connectivity index (χ3n) is 2.25. The summed E-state index contributed by atoms with van der Waals surface area (Å²) in [5.41, 5.74) is 4.58. The van der Waals surface area contributed by atoms with E-state index in [9.17, 15) is 9.59 Å². The molecule has 1 atom stereocenters. The minimum Gasteiger partial charge on any atom is -0.459 e. The van der Waals surface area contributed by atoms with Gasteiger partial charge < -0.3 is 15.2 Å². The lowest BCUT2D eigenvalue weighted by Crippen LogP contribution is -2.43. The van der Waals surface area contributed by atoms with Gasteiger partial charge in [-0.2, -0.15) is 0 Å². The molecular weight excluding hydrogens is 274 g/mol. The molecule has 124 valence electrons. The lowest BCUT2D eigenvalue weighted by atomic mass is 10.1. The maximum Gasteiger partial charge on any atom is 0.424 e. The number of esters is 1. The Morgan fingerprint density at radius 3 is 1.95 bits per heavy atom. The quantitative estimate of drug-likeness (QED) is 0.345. The highest BCUT2D eigenvalue weighted by Gasteiger charge is 2.23. The normalized spacial score (nSPS) is 13.5. The van der Waals surface area contributed by atoms with E-state index >= 15 is 0 Å². The van der Waals surface area contributed by atoms with Gasteiger partial charge in [-0.05, 0) is 54.4 Å². The smallest absolute Gasteiger partial charge is 0.424 e. The lowest BCUT2D eigenvalue weighted by Gasteiger charge is -2.25. The standard InChI is InChI=1S/C14H29N3O4/c1-13(2,3)20-11(18)10(15)8-7-9-17(16)12(19)21-14(4,5)6/h10H,7-9,15-16H2,1-6H3. The van der Waals surface area contributed by atoms with Gasteiger partial charge in [0.1, 0.15) is 17.2 Å². The first kappa shape index (κ1) is 19.7. The number of amides is 1. The molecule has 0 bridgehead atoms. The first-order valence-corrected chi connectivity index (χ1v) is 7.05. The van der Waals surface area contributed by atoms with Crippen LogP contribution in [0.4, 0.5) is 4.79 Å². The Morgan fingerprint density at radius 1 is 1.05 bits per heavy atom. The van der Waals surface area contributed by atoms with Crippen LogP contribution in [0.2, 0.25) is 0 Å². The van der Waals surface area contributed by atoms with Crippen LogP contribution in [0.3, 0.4) is 0 Å². The van der Waals surface area contributed by atoms with E-state index in [0.717, 1.165) is 5.01 Å². The van der Waals surface area contributed by atoms with E-state index in [4.69, 9.17) is 21.1 Å². The summed E-state index contributed by atoms with van der Waals surface area (Å²) in [6.45, 7) is 10.9. The van der Waals surface area contributed by atoms with Gasteiger partial charge in [0.05, 0.1) is 0 Å². The third-order valence-corrected chi connectivity index (χ3v) is 2.25. The molecule has 4 N–H and O–H groups in total. The van der Waals surface area contributed by atoms with Crippen molar-refractivity contribution in [1.82, 2.24) is 5.01 Å². The Balaban J connectivity index is 4.08. The van der Waals surface area contributed by atoms with E-state index in [0.29, 0.717) is 12.8 Å². The Labute approximate surface area is 126 Å². The maximum absolute atomic E-state index is 11.7. The number of carbonyl (C=O) groups is 2. The summed E-state index contributed by atoms with van der Waals surface area (Å²) < 4.78 is 10.3. The van der Waals surface area contributed by atoms with E-state index in [-0.39, 0.29) is 6.54 Å². The molecular formula is C14H29N3O4. The van der Waals surface area contributed by atoms with Crippen LogP contribution in [0.15, 0.2) is 0 Å². The van der Waals surface area contributed by atoms with Crippen LogP contribution in [0, 0.1) is 0 Å². The molecule has 0 aliphatic carbocycles. The summed E-state index contributed by atoms with van der Waals surface area (Å²) in [5, 5.41) is 0.979. The summed E-state index contributed by atoms with van der Waals surface area (Å²) in [4.78, 5) is 23.3. The number of carbonyl (C=O) groups excluding carboxylic acids is 2. The molecule has 0 heterocycles. The summed E-state index contributed by atoms with van der Waals surface area (Å²) in [7, 11) is 0. The highest BCUT2D eigenvalue weighted by molar-refractivity contribution is 5.75. The van der Waals surface area contributed by atoms with Crippen LogP contribution in [0.5, 0.6) is 0 Å². The Morgan fingerprint density at radius 2 is 1.52 bits per heavy atom. The van der Waals surface area contributed by atoms with Gasteiger partial charge in [0.2, 0.25) is 0 Å². The molecule has 0 radical (unpaired) electrons. The summed E-state index contributed by atoms with van der Waals surface area (Å²) in [6.07, 6.45) is 0.259. The second kappa shape index (κ2) is 7.61. The number of hydrogen-bond donors (Lipinski definition) is 2. The fourth-order valence-corrected chi connectivity index (χ4v) is 1.39. The molecule has 0 aromatic rings. The monoisotopic (exact) mass is 303 g/mol. The second-order valence-electron chi connectivity index (χ2n) is 6.96. The molecule has 0 saturated carbocycles. The fourth-order valence-electron chi connectivity index (χ4n) is 1.39. The predicted octanol–water partition coefficient (Wildman–Crippen LogP) is 1.55. The van der Waals surface area contributed by atoms with Crippen LogP contribution in [-0.4, -0.2) is 40.9 Å². The van der Waals surface area contributed by atoms with Crippen molar-refractivity contribution in [2.45, 2.75) is 71.6 Å². The summed E-state index contributed by atoms with van der Waals surface area (Å²) in [6, 6.07) is -0.726. The number of ether oxygens (including phenoxy) is 2. The number of nitrogens with two attached hydrogens (primary N) is 2. The Kier molecular flexibility index (Phi) is 7.12. The topological polar surface area (TPSA) is 108 Å². The largest absolute Gasteiger partial charge is 0.459 e. The van der Waals surface area contributed by atoms with Crippen molar-refractivity contribution in [3.63, 3.8) is 0 Å². The molecule has 7 nitrogen and oxygen atoms in total. The molecule has 21 heavy (non-hydrogen) atoms. The SMILES string of the molecule is CC(C)(C)OC(=O)C(N)CCCN(N)C(=O)OC(C)(C)C. The van der Waals surface area contributed by atoms with E-state index in [1.807, 2.05) is 0 Å². The van der Waals surface area contributed by atoms with Crippen LogP contribution in [0.1, 0.15) is 54.4 Å². The van der Waals surface area contributed by atoms with Gasteiger partial charge in [0, 0.05) is 6.54 Å². The van der Waals surface area contributed by atoms with Crippen molar-refractivity contribution in [3.8, 4) is 0 Å². The minimum absolute atomic E-state index is 0.255. The average Bonchev–Trinajstić information content (AvgIpc) is 2.23. The van der Waals surface area contributed by atoms with Crippen molar-refractivity contribution >= 4 is 12.1 Å². The lowest BCUT2D eigenvalue weighted by molar-refractivity contribution is -0.156. The Hall–Kier alpha value is -1.34. The van der Waals surface area contributed by atoms with Crippen molar-refractivity contribution in [1.29, 1.82) is 0 Å². The third kappa shape index (κ3) is 10.1. The number of hydrogen-bond acceptors (Lipinski definition) is 6. The van der Waals surface area contributed by atoms with E-state index in [1.54, 1.807) is 41.5 Å². The Bertz CT molecular complexity index is 324. The molecule has 1 amide bonds. The highest BCUT2D eigenvalue weighted by atomic mass is 16.6. The van der Waals surface area contributed by atoms with Crippen LogP contribution in [0.25, 0.3) is 0 Å². The fraction of sp³-hybridized carbons (Fsp3) is 0.857. The first-order chi connectivity index (χ1) is 9.32. The molecule has 0 aliphatic heterocycles. The molecule has 0 aromatic carbocycles. The first-order valence-electron chi connectivity index (χ1n) is 7.05. The van der Waals surface area contributed by atoms with Crippen LogP contribution < -0.4 is 11.6 Å². The van der Waals surface area contributed by atoms with Gasteiger partial charge in [0.15, 0.2) is 0 Å². The zero-order chi connectivity index (χ0) is 16.8.